The van der Waals surface area contributed by atoms with Gasteiger partial charge in [-0.15, -0.1) is 0 Å². The van der Waals surface area contributed by atoms with Crippen molar-refractivity contribution < 1.29 is 14.7 Å². The van der Waals surface area contributed by atoms with E-state index < -0.39 is 5.97 Å². The number of rotatable bonds is 2. The van der Waals surface area contributed by atoms with Crippen molar-refractivity contribution in [2.45, 2.75) is 31.7 Å². The van der Waals surface area contributed by atoms with Crippen LogP contribution in [0.1, 0.15) is 35.2 Å². The van der Waals surface area contributed by atoms with Crippen molar-refractivity contribution in [2.24, 2.45) is 11.7 Å². The maximum absolute atomic E-state index is 12.5. The largest absolute Gasteiger partial charge is 0.478 e. The standard InChI is InChI=1S/C15H18N2O3/c16-12-3-1-10(8-12)14(18)17-6-5-9-7-11(15(19)20)2-4-13(9)17/h2,4,7,10,12H,1,3,5-6,8,16H2,(H,19,20). The van der Waals surface area contributed by atoms with E-state index in [1.807, 2.05) is 0 Å². The third-order valence-electron chi connectivity index (χ3n) is 4.31. The summed E-state index contributed by atoms with van der Waals surface area (Å²) < 4.78 is 0. The van der Waals surface area contributed by atoms with Gasteiger partial charge in [0.05, 0.1) is 5.56 Å². The molecule has 1 fully saturated rings. The smallest absolute Gasteiger partial charge is 0.335 e. The number of aromatic carboxylic acids is 1. The molecular weight excluding hydrogens is 256 g/mol. The van der Waals surface area contributed by atoms with Crippen molar-refractivity contribution >= 4 is 17.6 Å². The zero-order valence-electron chi connectivity index (χ0n) is 11.2. The Bertz CT molecular complexity index is 570. The van der Waals surface area contributed by atoms with Crippen LogP contribution in [0.5, 0.6) is 0 Å². The fraction of sp³-hybridized carbons (Fsp3) is 0.467. The molecule has 1 aliphatic heterocycles. The Morgan fingerprint density at radius 2 is 2.10 bits per heavy atom. The monoisotopic (exact) mass is 274 g/mol. The number of carboxylic acid groups (broad SMARTS) is 1. The van der Waals surface area contributed by atoms with Crippen LogP contribution < -0.4 is 10.6 Å². The minimum Gasteiger partial charge on any atom is -0.478 e. The average Bonchev–Trinajstić information content (AvgIpc) is 3.03. The Labute approximate surface area is 117 Å². The molecule has 0 spiro atoms. The van der Waals surface area contributed by atoms with Gasteiger partial charge in [-0.1, -0.05) is 0 Å². The molecule has 2 aliphatic rings. The number of carboxylic acids is 1. The van der Waals surface area contributed by atoms with Crippen molar-refractivity contribution in [3.63, 3.8) is 0 Å². The summed E-state index contributed by atoms with van der Waals surface area (Å²) in [5.41, 5.74) is 7.96. The van der Waals surface area contributed by atoms with Gasteiger partial charge in [0.15, 0.2) is 0 Å². The zero-order valence-corrected chi connectivity index (χ0v) is 11.2. The molecule has 1 aliphatic carbocycles. The lowest BCUT2D eigenvalue weighted by atomic mass is 10.1. The second-order valence-electron chi connectivity index (χ2n) is 5.66. The topological polar surface area (TPSA) is 83.6 Å². The van der Waals surface area contributed by atoms with Crippen LogP contribution in [-0.4, -0.2) is 29.6 Å². The minimum absolute atomic E-state index is 0.0232. The van der Waals surface area contributed by atoms with Crippen LogP contribution in [-0.2, 0) is 11.2 Å². The summed E-state index contributed by atoms with van der Waals surface area (Å²) in [5, 5.41) is 9.00. The number of carbonyl (C=O) groups is 2. The molecule has 3 N–H and O–H groups in total. The highest BCUT2D eigenvalue weighted by Gasteiger charge is 2.34. The van der Waals surface area contributed by atoms with E-state index in [0.29, 0.717) is 6.54 Å². The number of amides is 1. The van der Waals surface area contributed by atoms with Gasteiger partial charge in [0.2, 0.25) is 5.91 Å². The number of hydrogen-bond acceptors (Lipinski definition) is 3. The lowest BCUT2D eigenvalue weighted by Crippen LogP contribution is -2.34. The number of hydrogen-bond donors (Lipinski definition) is 2. The van der Waals surface area contributed by atoms with E-state index in [1.54, 1.807) is 23.1 Å². The number of carbonyl (C=O) groups excluding carboxylic acids is 1. The third-order valence-corrected chi connectivity index (χ3v) is 4.31. The molecule has 1 aromatic carbocycles. The van der Waals surface area contributed by atoms with E-state index in [2.05, 4.69) is 0 Å². The van der Waals surface area contributed by atoms with Gasteiger partial charge >= 0.3 is 5.97 Å². The first kappa shape index (κ1) is 13.1. The van der Waals surface area contributed by atoms with Gasteiger partial charge in [-0.05, 0) is 49.4 Å². The lowest BCUT2D eigenvalue weighted by Gasteiger charge is -2.21. The van der Waals surface area contributed by atoms with Crippen LogP contribution in [0, 0.1) is 5.92 Å². The van der Waals surface area contributed by atoms with Crippen molar-refractivity contribution in [3.8, 4) is 0 Å². The van der Waals surface area contributed by atoms with Crippen LogP contribution in [0.25, 0.3) is 0 Å². The molecule has 0 saturated heterocycles. The molecule has 2 atom stereocenters. The first-order chi connectivity index (χ1) is 9.56. The van der Waals surface area contributed by atoms with E-state index in [0.717, 1.165) is 36.9 Å². The normalized spacial score (nSPS) is 24.8. The highest BCUT2D eigenvalue weighted by Crippen LogP contribution is 2.33. The van der Waals surface area contributed by atoms with Gasteiger partial charge in [-0.25, -0.2) is 4.79 Å². The summed E-state index contributed by atoms with van der Waals surface area (Å²) in [6, 6.07) is 5.12. The van der Waals surface area contributed by atoms with E-state index >= 15 is 0 Å². The number of fused-ring (bicyclic) bond motifs is 1. The average molecular weight is 274 g/mol. The molecule has 106 valence electrons. The molecule has 5 heteroatoms. The molecule has 0 aromatic heterocycles. The summed E-state index contributed by atoms with van der Waals surface area (Å²) >= 11 is 0. The molecule has 2 unspecified atom stereocenters. The van der Waals surface area contributed by atoms with Gasteiger partial charge in [0.1, 0.15) is 0 Å². The molecule has 0 radical (unpaired) electrons. The van der Waals surface area contributed by atoms with Crippen LogP contribution in [0.2, 0.25) is 0 Å². The second kappa shape index (κ2) is 4.90. The minimum atomic E-state index is -0.931. The molecule has 1 heterocycles. The van der Waals surface area contributed by atoms with Crippen molar-refractivity contribution in [2.75, 3.05) is 11.4 Å². The van der Waals surface area contributed by atoms with Gasteiger partial charge in [0.25, 0.3) is 0 Å². The molecule has 20 heavy (non-hydrogen) atoms. The summed E-state index contributed by atoms with van der Waals surface area (Å²) in [4.78, 5) is 25.3. The maximum Gasteiger partial charge on any atom is 0.335 e. The summed E-state index contributed by atoms with van der Waals surface area (Å²) in [6.07, 6.45) is 3.26. The molecule has 3 rings (SSSR count). The third kappa shape index (κ3) is 2.18. The molecule has 0 bridgehead atoms. The Balaban J connectivity index is 1.82. The van der Waals surface area contributed by atoms with Crippen LogP contribution in [0.3, 0.4) is 0 Å². The van der Waals surface area contributed by atoms with E-state index in [1.165, 1.54) is 0 Å². The highest BCUT2D eigenvalue weighted by molar-refractivity contribution is 5.98. The molecule has 1 saturated carbocycles. The SMILES string of the molecule is NC1CCC(C(=O)N2CCc3cc(C(=O)O)ccc32)C1. The van der Waals surface area contributed by atoms with Gasteiger partial charge in [-0.3, -0.25) is 4.79 Å². The predicted octanol–water partition coefficient (Wildman–Crippen LogP) is 1.40. The second-order valence-corrected chi connectivity index (χ2v) is 5.66. The fourth-order valence-corrected chi connectivity index (χ4v) is 3.22. The fourth-order valence-electron chi connectivity index (χ4n) is 3.22. The van der Waals surface area contributed by atoms with Crippen LogP contribution >= 0.6 is 0 Å². The van der Waals surface area contributed by atoms with E-state index in [-0.39, 0.29) is 23.4 Å². The molecular formula is C15H18N2O3. The Morgan fingerprint density at radius 1 is 1.30 bits per heavy atom. The number of nitrogens with zero attached hydrogens (tertiary/aromatic N) is 1. The van der Waals surface area contributed by atoms with Crippen LogP contribution in [0.15, 0.2) is 18.2 Å². The van der Waals surface area contributed by atoms with E-state index in [4.69, 9.17) is 10.8 Å². The van der Waals surface area contributed by atoms with Gasteiger partial charge < -0.3 is 15.7 Å². The highest BCUT2D eigenvalue weighted by atomic mass is 16.4. The molecule has 1 amide bonds. The Hall–Kier alpha value is -1.88. The molecule has 1 aromatic rings. The molecule has 5 nitrogen and oxygen atoms in total. The van der Waals surface area contributed by atoms with E-state index in [9.17, 15) is 9.59 Å². The first-order valence-electron chi connectivity index (χ1n) is 6.99. The number of benzene rings is 1. The van der Waals surface area contributed by atoms with Crippen molar-refractivity contribution in [1.29, 1.82) is 0 Å². The Morgan fingerprint density at radius 3 is 2.75 bits per heavy atom. The first-order valence-corrected chi connectivity index (χ1v) is 6.99. The Kier molecular flexibility index (Phi) is 3.22. The van der Waals surface area contributed by atoms with Crippen LogP contribution in [0.4, 0.5) is 5.69 Å². The van der Waals surface area contributed by atoms with Gasteiger partial charge in [-0.2, -0.15) is 0 Å². The van der Waals surface area contributed by atoms with Gasteiger partial charge in [0, 0.05) is 24.2 Å². The summed E-state index contributed by atoms with van der Waals surface area (Å²) in [6.45, 7) is 0.642. The summed E-state index contributed by atoms with van der Waals surface area (Å²) in [5.74, 6) is -0.769. The number of nitrogens with two attached hydrogens (primary N) is 1. The van der Waals surface area contributed by atoms with Crippen molar-refractivity contribution in [1.82, 2.24) is 0 Å². The number of anilines is 1. The summed E-state index contributed by atoms with van der Waals surface area (Å²) in [7, 11) is 0. The predicted molar refractivity (Wildman–Crippen MR) is 74.8 cm³/mol. The quantitative estimate of drug-likeness (QED) is 0.854. The van der Waals surface area contributed by atoms with Crippen molar-refractivity contribution in [3.05, 3.63) is 29.3 Å². The maximum atomic E-state index is 12.5. The lowest BCUT2D eigenvalue weighted by molar-refractivity contribution is -0.122. The zero-order chi connectivity index (χ0) is 14.3.